The van der Waals surface area contributed by atoms with E-state index in [0.29, 0.717) is 24.2 Å². The molecule has 0 amide bonds. The second-order valence-corrected chi connectivity index (χ2v) is 11.6. The summed E-state index contributed by atoms with van der Waals surface area (Å²) in [6, 6.07) is 9.60. The SMILES string of the molecule is O=C(O)CC1CCc2c1[nH]c1ccc(OCc3ccc(C4CCCC4)c(S(=O)(=O)C(F)(F)F)c3)cc21. The molecule has 1 saturated carbocycles. The van der Waals surface area contributed by atoms with E-state index in [2.05, 4.69) is 4.98 Å². The van der Waals surface area contributed by atoms with Gasteiger partial charge in [-0.25, -0.2) is 8.42 Å². The first-order valence-electron chi connectivity index (χ1n) is 12.0. The molecule has 10 heteroatoms. The first-order chi connectivity index (χ1) is 17.0. The van der Waals surface area contributed by atoms with Gasteiger partial charge >= 0.3 is 11.5 Å². The smallest absolute Gasteiger partial charge is 0.489 e. The summed E-state index contributed by atoms with van der Waals surface area (Å²) in [5.74, 6) is -0.621. The minimum atomic E-state index is -5.49. The molecular formula is C26H26F3NO5S. The lowest BCUT2D eigenvalue weighted by Gasteiger charge is -2.18. The van der Waals surface area contributed by atoms with Gasteiger partial charge < -0.3 is 14.8 Å². The molecule has 192 valence electrons. The van der Waals surface area contributed by atoms with Crippen molar-refractivity contribution in [3.63, 3.8) is 0 Å². The highest BCUT2D eigenvalue weighted by Gasteiger charge is 2.48. The van der Waals surface area contributed by atoms with Gasteiger partial charge in [-0.15, -0.1) is 0 Å². The average Bonchev–Trinajstić information content (AvgIpc) is 3.55. The molecule has 0 spiro atoms. The Kier molecular flexibility index (Phi) is 6.26. The molecule has 0 radical (unpaired) electrons. The first-order valence-corrected chi connectivity index (χ1v) is 13.5. The van der Waals surface area contributed by atoms with Crippen molar-refractivity contribution in [2.24, 2.45) is 0 Å². The number of aliphatic carboxylic acids is 1. The maximum atomic E-state index is 13.4. The number of ether oxygens (including phenoxy) is 1. The number of carbonyl (C=O) groups is 1. The number of aryl methyl sites for hydroxylation is 1. The van der Waals surface area contributed by atoms with Gasteiger partial charge in [0.1, 0.15) is 12.4 Å². The molecule has 2 aromatic carbocycles. The number of rotatable bonds is 7. The Morgan fingerprint density at radius 3 is 2.53 bits per heavy atom. The van der Waals surface area contributed by atoms with Gasteiger partial charge in [0.25, 0.3) is 9.84 Å². The Labute approximate surface area is 206 Å². The third-order valence-corrected chi connectivity index (χ3v) is 8.90. The molecule has 1 atom stereocenters. The molecule has 36 heavy (non-hydrogen) atoms. The molecule has 2 aliphatic rings. The Hall–Kier alpha value is -3.01. The van der Waals surface area contributed by atoms with Gasteiger partial charge in [-0.05, 0) is 72.6 Å². The summed E-state index contributed by atoms with van der Waals surface area (Å²) >= 11 is 0. The van der Waals surface area contributed by atoms with Crippen LogP contribution in [0.2, 0.25) is 0 Å². The van der Waals surface area contributed by atoms with E-state index in [1.807, 2.05) is 12.1 Å². The Bertz CT molecular complexity index is 1420. The fourth-order valence-corrected chi connectivity index (χ4v) is 6.70. The number of carboxylic acids is 1. The second kappa shape index (κ2) is 9.14. The minimum Gasteiger partial charge on any atom is -0.489 e. The van der Waals surface area contributed by atoms with Gasteiger partial charge in [-0.3, -0.25) is 4.79 Å². The van der Waals surface area contributed by atoms with Crippen LogP contribution >= 0.6 is 0 Å². The summed E-state index contributed by atoms with van der Waals surface area (Å²) < 4.78 is 70.9. The topological polar surface area (TPSA) is 96.5 Å². The van der Waals surface area contributed by atoms with E-state index in [1.54, 1.807) is 12.1 Å². The van der Waals surface area contributed by atoms with Crippen molar-refractivity contribution in [3.05, 3.63) is 58.8 Å². The lowest BCUT2D eigenvalue weighted by atomic mass is 9.96. The number of hydrogen-bond donors (Lipinski definition) is 2. The predicted octanol–water partition coefficient (Wildman–Crippen LogP) is 6.20. The lowest BCUT2D eigenvalue weighted by Crippen LogP contribution is -2.25. The van der Waals surface area contributed by atoms with Crippen LogP contribution in [0.5, 0.6) is 5.75 Å². The largest absolute Gasteiger partial charge is 0.501 e. The molecule has 1 aromatic heterocycles. The van der Waals surface area contributed by atoms with Crippen LogP contribution in [-0.4, -0.2) is 30.0 Å². The molecule has 1 fully saturated rings. The number of fused-ring (bicyclic) bond motifs is 3. The van der Waals surface area contributed by atoms with E-state index in [9.17, 15) is 26.4 Å². The van der Waals surface area contributed by atoms with Crippen molar-refractivity contribution in [1.82, 2.24) is 4.98 Å². The molecule has 6 nitrogen and oxygen atoms in total. The number of carboxylic acid groups (broad SMARTS) is 1. The number of H-pyrrole nitrogens is 1. The van der Waals surface area contributed by atoms with Gasteiger partial charge in [0.15, 0.2) is 0 Å². The molecule has 1 heterocycles. The number of benzene rings is 2. The van der Waals surface area contributed by atoms with Crippen molar-refractivity contribution in [3.8, 4) is 5.75 Å². The zero-order valence-electron chi connectivity index (χ0n) is 19.4. The summed E-state index contributed by atoms with van der Waals surface area (Å²) in [5, 5.41) is 10.1. The van der Waals surface area contributed by atoms with E-state index in [0.717, 1.165) is 53.9 Å². The minimum absolute atomic E-state index is 0.0587. The van der Waals surface area contributed by atoms with Gasteiger partial charge in [0.2, 0.25) is 0 Å². The normalized spacial score (nSPS) is 18.6. The van der Waals surface area contributed by atoms with Gasteiger partial charge in [-0.2, -0.15) is 13.2 Å². The van der Waals surface area contributed by atoms with Crippen LogP contribution < -0.4 is 4.74 Å². The summed E-state index contributed by atoms with van der Waals surface area (Å²) in [4.78, 5) is 13.8. The fourth-order valence-electron chi connectivity index (χ4n) is 5.60. The predicted molar refractivity (Wildman–Crippen MR) is 127 cm³/mol. The molecule has 0 saturated heterocycles. The highest BCUT2D eigenvalue weighted by Crippen LogP contribution is 2.42. The Balaban J connectivity index is 1.41. The van der Waals surface area contributed by atoms with Crippen LogP contribution in [-0.2, 0) is 27.7 Å². The number of aromatic nitrogens is 1. The van der Waals surface area contributed by atoms with Gasteiger partial charge in [-0.1, -0.05) is 25.0 Å². The van der Waals surface area contributed by atoms with Gasteiger partial charge in [0, 0.05) is 22.5 Å². The molecule has 2 aliphatic carbocycles. The van der Waals surface area contributed by atoms with Crippen molar-refractivity contribution in [2.45, 2.75) is 73.8 Å². The average molecular weight is 522 g/mol. The maximum absolute atomic E-state index is 13.4. The first kappa shape index (κ1) is 24.7. The number of halogens is 3. The Morgan fingerprint density at radius 1 is 1.08 bits per heavy atom. The molecule has 3 aromatic rings. The molecular weight excluding hydrogens is 495 g/mol. The number of nitrogens with one attached hydrogen (secondary N) is 1. The number of aromatic amines is 1. The third-order valence-electron chi connectivity index (χ3n) is 7.36. The summed E-state index contributed by atoms with van der Waals surface area (Å²) in [6.07, 6.45) is 4.63. The highest BCUT2D eigenvalue weighted by molar-refractivity contribution is 7.92. The highest BCUT2D eigenvalue weighted by atomic mass is 32.2. The monoisotopic (exact) mass is 521 g/mol. The Morgan fingerprint density at radius 2 is 1.83 bits per heavy atom. The van der Waals surface area contributed by atoms with Crippen LogP contribution in [0.25, 0.3) is 10.9 Å². The van der Waals surface area contributed by atoms with Crippen molar-refractivity contribution in [2.75, 3.05) is 0 Å². The standard InChI is InChI=1S/C26H26F3NO5S/c27-26(28,29)36(33,34)23-11-15(5-8-19(23)16-3-1-2-4-16)14-35-18-7-10-22-21(13-18)20-9-6-17(12-24(31)32)25(20)30-22/h5,7-8,10-11,13,16-17,30H,1-4,6,9,12,14H2,(H,31,32). The third kappa shape index (κ3) is 4.47. The number of alkyl halides is 3. The van der Waals surface area contributed by atoms with E-state index >= 15 is 0 Å². The fraction of sp³-hybridized carbons (Fsp3) is 0.423. The van der Waals surface area contributed by atoms with Crippen LogP contribution in [0.4, 0.5) is 13.2 Å². The second-order valence-electron chi connectivity index (χ2n) is 9.65. The summed E-state index contributed by atoms with van der Waals surface area (Å²) in [7, 11) is -5.49. The van der Waals surface area contributed by atoms with Crippen LogP contribution in [0.1, 0.15) is 72.7 Å². The molecule has 2 N–H and O–H groups in total. The maximum Gasteiger partial charge on any atom is 0.501 e. The van der Waals surface area contributed by atoms with Crippen LogP contribution in [0.3, 0.4) is 0 Å². The molecule has 5 rings (SSSR count). The van der Waals surface area contributed by atoms with Crippen molar-refractivity contribution >= 4 is 26.7 Å². The summed E-state index contributed by atoms with van der Waals surface area (Å²) in [5.41, 5.74) is -1.97. The van der Waals surface area contributed by atoms with E-state index in [1.165, 1.54) is 6.07 Å². The zero-order chi connectivity index (χ0) is 25.7. The van der Waals surface area contributed by atoms with Gasteiger partial charge in [0.05, 0.1) is 11.3 Å². The molecule has 0 bridgehead atoms. The quantitative estimate of drug-likeness (QED) is 0.386. The van der Waals surface area contributed by atoms with Crippen LogP contribution in [0, 0.1) is 0 Å². The molecule has 1 unspecified atom stereocenters. The van der Waals surface area contributed by atoms with E-state index in [-0.39, 0.29) is 30.4 Å². The van der Waals surface area contributed by atoms with E-state index < -0.39 is 26.2 Å². The lowest BCUT2D eigenvalue weighted by molar-refractivity contribution is -0.137. The van der Waals surface area contributed by atoms with E-state index in [4.69, 9.17) is 9.84 Å². The zero-order valence-corrected chi connectivity index (χ0v) is 20.2. The number of sulfone groups is 1. The molecule has 0 aliphatic heterocycles. The summed E-state index contributed by atoms with van der Waals surface area (Å²) in [6.45, 7) is -0.0922. The van der Waals surface area contributed by atoms with Crippen LogP contribution in [0.15, 0.2) is 41.3 Å². The van der Waals surface area contributed by atoms with Crippen molar-refractivity contribution < 1.29 is 36.2 Å². The van der Waals surface area contributed by atoms with Crippen molar-refractivity contribution in [1.29, 1.82) is 0 Å². The number of hydrogen-bond acceptors (Lipinski definition) is 4.